The van der Waals surface area contributed by atoms with Crippen molar-refractivity contribution < 1.29 is 4.79 Å². The number of nitrogens with two attached hydrogens (primary N) is 2. The van der Waals surface area contributed by atoms with E-state index in [2.05, 4.69) is 0 Å². The van der Waals surface area contributed by atoms with Gasteiger partial charge in [-0.15, -0.1) is 12.4 Å². The molecule has 0 aliphatic carbocycles. The monoisotopic (exact) mass is 165 g/mol. The molecular formula is C5H12ClN3O. The summed E-state index contributed by atoms with van der Waals surface area (Å²) < 4.78 is 0. The summed E-state index contributed by atoms with van der Waals surface area (Å²) in [7, 11) is 0. The maximum atomic E-state index is 10.4. The van der Waals surface area contributed by atoms with E-state index in [1.54, 1.807) is 4.90 Å². The number of halogens is 1. The Kier molecular flexibility index (Phi) is 3.46. The molecule has 1 aliphatic heterocycles. The minimum Gasteiger partial charge on any atom is -0.351 e. The Hall–Kier alpha value is -0.480. The first-order valence-electron chi connectivity index (χ1n) is 2.98. The molecule has 1 saturated heterocycles. The molecule has 0 aromatic heterocycles. The summed E-state index contributed by atoms with van der Waals surface area (Å²) in [6.45, 7) is 2.14. The molecule has 4 N–H and O–H groups in total. The third kappa shape index (κ3) is 1.75. The Morgan fingerprint density at radius 1 is 1.60 bits per heavy atom. The van der Waals surface area contributed by atoms with Gasteiger partial charge in [-0.1, -0.05) is 0 Å². The van der Waals surface area contributed by atoms with Crippen molar-refractivity contribution in [2.45, 2.75) is 0 Å². The Balaban J connectivity index is 0.000000810. The second kappa shape index (κ2) is 3.63. The average Bonchev–Trinajstić information content (AvgIpc) is 1.61. The van der Waals surface area contributed by atoms with Crippen molar-refractivity contribution in [2.75, 3.05) is 19.6 Å². The third-order valence-electron chi connectivity index (χ3n) is 1.60. The maximum absolute atomic E-state index is 10.4. The smallest absolute Gasteiger partial charge is 0.314 e. The van der Waals surface area contributed by atoms with Gasteiger partial charge in [-0.05, 0) is 6.54 Å². The molecule has 0 spiro atoms. The molecule has 1 fully saturated rings. The Morgan fingerprint density at radius 3 is 2.40 bits per heavy atom. The normalized spacial score (nSPS) is 17.5. The number of rotatable bonds is 1. The van der Waals surface area contributed by atoms with Crippen molar-refractivity contribution >= 4 is 18.4 Å². The number of nitrogens with zero attached hydrogens (tertiary/aromatic N) is 1. The van der Waals surface area contributed by atoms with E-state index in [-0.39, 0.29) is 18.4 Å². The number of hydrogen-bond acceptors (Lipinski definition) is 2. The van der Waals surface area contributed by atoms with Crippen LogP contribution in [0.4, 0.5) is 4.79 Å². The first-order chi connectivity index (χ1) is 4.24. The number of urea groups is 1. The quantitative estimate of drug-likeness (QED) is 0.544. The van der Waals surface area contributed by atoms with E-state index in [9.17, 15) is 4.79 Å². The molecule has 0 bridgehead atoms. The largest absolute Gasteiger partial charge is 0.351 e. The number of carbonyl (C=O) groups excluding carboxylic acids is 1. The summed E-state index contributed by atoms with van der Waals surface area (Å²) in [5.41, 5.74) is 10.3. The van der Waals surface area contributed by atoms with Crippen LogP contribution in [0.1, 0.15) is 0 Å². The van der Waals surface area contributed by atoms with E-state index in [0.29, 0.717) is 12.5 Å². The molecule has 0 radical (unpaired) electrons. The van der Waals surface area contributed by atoms with Gasteiger partial charge >= 0.3 is 6.03 Å². The number of likely N-dealkylation sites (tertiary alicyclic amines) is 1. The first-order valence-corrected chi connectivity index (χ1v) is 2.98. The minimum atomic E-state index is -0.334. The summed E-state index contributed by atoms with van der Waals surface area (Å²) >= 11 is 0. The standard InChI is InChI=1S/C5H11N3O.ClH/c6-1-4-2-8(3-4)5(7)9;/h4H,1-3,6H2,(H2,7,9);1H. The predicted molar refractivity (Wildman–Crippen MR) is 40.9 cm³/mol. The van der Waals surface area contributed by atoms with Crippen LogP contribution < -0.4 is 11.5 Å². The first kappa shape index (κ1) is 9.52. The van der Waals surface area contributed by atoms with E-state index < -0.39 is 0 Å². The second-order valence-corrected chi connectivity index (χ2v) is 2.34. The van der Waals surface area contributed by atoms with Crippen molar-refractivity contribution in [3.8, 4) is 0 Å². The summed E-state index contributed by atoms with van der Waals surface area (Å²) in [6, 6.07) is -0.334. The lowest BCUT2D eigenvalue weighted by molar-refractivity contribution is 0.132. The lowest BCUT2D eigenvalue weighted by atomic mass is 10.0. The van der Waals surface area contributed by atoms with Crippen LogP contribution in [0.15, 0.2) is 0 Å². The van der Waals surface area contributed by atoms with Gasteiger partial charge in [-0.3, -0.25) is 0 Å². The average molecular weight is 166 g/mol. The topological polar surface area (TPSA) is 72.3 Å². The molecule has 4 nitrogen and oxygen atoms in total. The van der Waals surface area contributed by atoms with E-state index in [0.717, 1.165) is 13.1 Å². The van der Waals surface area contributed by atoms with Gasteiger partial charge in [-0.25, -0.2) is 4.79 Å². The molecule has 5 heteroatoms. The highest BCUT2D eigenvalue weighted by Crippen LogP contribution is 2.12. The van der Waals surface area contributed by atoms with E-state index in [1.165, 1.54) is 0 Å². The summed E-state index contributed by atoms with van der Waals surface area (Å²) in [5, 5.41) is 0. The SMILES string of the molecule is Cl.NCC1CN(C(N)=O)C1. The zero-order chi connectivity index (χ0) is 6.85. The zero-order valence-corrected chi connectivity index (χ0v) is 6.43. The molecule has 1 aliphatic rings. The number of primary amides is 1. The van der Waals surface area contributed by atoms with Crippen molar-refractivity contribution in [2.24, 2.45) is 17.4 Å². The van der Waals surface area contributed by atoms with E-state index >= 15 is 0 Å². The predicted octanol–water partition coefficient (Wildman–Crippen LogP) is -0.623. The highest BCUT2D eigenvalue weighted by molar-refractivity contribution is 5.85. The molecular weight excluding hydrogens is 154 g/mol. The molecule has 60 valence electrons. The third-order valence-corrected chi connectivity index (χ3v) is 1.60. The van der Waals surface area contributed by atoms with Crippen LogP contribution in [-0.2, 0) is 0 Å². The second-order valence-electron chi connectivity index (χ2n) is 2.34. The Morgan fingerprint density at radius 2 is 2.10 bits per heavy atom. The van der Waals surface area contributed by atoms with Crippen LogP contribution in [0.25, 0.3) is 0 Å². The molecule has 1 rings (SSSR count). The molecule has 0 saturated carbocycles. The Labute approximate surface area is 65.9 Å². The van der Waals surface area contributed by atoms with E-state index in [1.807, 2.05) is 0 Å². The van der Waals surface area contributed by atoms with Crippen molar-refractivity contribution in [1.29, 1.82) is 0 Å². The number of carbonyl (C=O) groups is 1. The lowest BCUT2D eigenvalue weighted by Crippen LogP contribution is -2.54. The van der Waals surface area contributed by atoms with Crippen LogP contribution >= 0.6 is 12.4 Å². The summed E-state index contributed by atoms with van der Waals surface area (Å²) in [4.78, 5) is 11.9. The van der Waals surface area contributed by atoms with Gasteiger partial charge in [0, 0.05) is 19.0 Å². The highest BCUT2D eigenvalue weighted by atomic mass is 35.5. The molecule has 0 aromatic carbocycles. The van der Waals surface area contributed by atoms with Crippen molar-refractivity contribution in [3.63, 3.8) is 0 Å². The lowest BCUT2D eigenvalue weighted by Gasteiger charge is -2.37. The van der Waals surface area contributed by atoms with Gasteiger partial charge < -0.3 is 16.4 Å². The Bertz CT molecular complexity index is 124. The van der Waals surface area contributed by atoms with Crippen LogP contribution in [0.5, 0.6) is 0 Å². The number of hydrogen-bond donors (Lipinski definition) is 2. The van der Waals surface area contributed by atoms with Crippen LogP contribution in [0.3, 0.4) is 0 Å². The van der Waals surface area contributed by atoms with E-state index in [4.69, 9.17) is 11.5 Å². The maximum Gasteiger partial charge on any atom is 0.314 e. The van der Waals surface area contributed by atoms with Crippen LogP contribution in [-0.4, -0.2) is 30.6 Å². The molecule has 0 atom stereocenters. The molecule has 2 amide bonds. The van der Waals surface area contributed by atoms with Gasteiger partial charge in [0.05, 0.1) is 0 Å². The summed E-state index contributed by atoms with van der Waals surface area (Å²) in [6.07, 6.45) is 0. The zero-order valence-electron chi connectivity index (χ0n) is 5.62. The van der Waals surface area contributed by atoms with Gasteiger partial charge in [0.1, 0.15) is 0 Å². The van der Waals surface area contributed by atoms with Crippen LogP contribution in [0.2, 0.25) is 0 Å². The summed E-state index contributed by atoms with van der Waals surface area (Å²) in [5.74, 6) is 0.484. The number of amides is 2. The molecule has 0 unspecified atom stereocenters. The fraction of sp³-hybridized carbons (Fsp3) is 0.800. The van der Waals surface area contributed by atoms with Crippen molar-refractivity contribution in [1.82, 2.24) is 4.90 Å². The van der Waals surface area contributed by atoms with Gasteiger partial charge in [0.25, 0.3) is 0 Å². The van der Waals surface area contributed by atoms with Gasteiger partial charge in [-0.2, -0.15) is 0 Å². The molecule has 1 heterocycles. The van der Waals surface area contributed by atoms with Crippen molar-refractivity contribution in [3.05, 3.63) is 0 Å². The molecule has 0 aromatic rings. The van der Waals surface area contributed by atoms with Gasteiger partial charge in [0.15, 0.2) is 0 Å². The molecule has 10 heavy (non-hydrogen) atoms. The minimum absolute atomic E-state index is 0. The van der Waals surface area contributed by atoms with Crippen LogP contribution in [0, 0.1) is 5.92 Å². The fourth-order valence-corrected chi connectivity index (χ4v) is 0.899. The highest BCUT2D eigenvalue weighted by Gasteiger charge is 2.27. The fourth-order valence-electron chi connectivity index (χ4n) is 0.899. The van der Waals surface area contributed by atoms with Gasteiger partial charge in [0.2, 0.25) is 0 Å².